The van der Waals surface area contributed by atoms with E-state index < -0.39 is 11.6 Å². The van der Waals surface area contributed by atoms with Crippen LogP contribution in [0.2, 0.25) is 0 Å². The van der Waals surface area contributed by atoms with E-state index in [9.17, 15) is 14.7 Å². The molecular formula is C21H31N3O4. The Bertz CT molecular complexity index is 651. The largest absolute Gasteiger partial charge is 0.481 e. The number of aromatic nitrogens is 1. The standard InChI is InChI=1S/C21H31N3O4/c25-19(24-14-12-23(13-15-24)18-6-10-22-11-7-18)3-1-2-17-4-8-21(28,9-5-17)16-20(26)27/h6-7,10-11,17,28H,1-5,8-9,12-16H2,(H,26,27). The molecular weight excluding hydrogens is 358 g/mol. The summed E-state index contributed by atoms with van der Waals surface area (Å²) in [5, 5.41) is 19.2. The van der Waals surface area contributed by atoms with Gasteiger partial charge in [-0.1, -0.05) is 0 Å². The summed E-state index contributed by atoms with van der Waals surface area (Å²) in [5.74, 6) is -0.214. The molecule has 1 saturated carbocycles. The summed E-state index contributed by atoms with van der Waals surface area (Å²) < 4.78 is 0. The van der Waals surface area contributed by atoms with Crippen molar-refractivity contribution in [3.8, 4) is 0 Å². The molecule has 0 unspecified atom stereocenters. The number of amides is 1. The van der Waals surface area contributed by atoms with Gasteiger partial charge in [0.15, 0.2) is 0 Å². The second kappa shape index (κ2) is 9.37. The number of pyridine rings is 1. The highest BCUT2D eigenvalue weighted by Crippen LogP contribution is 2.36. The molecule has 1 saturated heterocycles. The minimum absolute atomic E-state index is 0.163. The Morgan fingerprint density at radius 2 is 1.75 bits per heavy atom. The maximum absolute atomic E-state index is 12.5. The Hall–Kier alpha value is -2.15. The number of carbonyl (C=O) groups is 2. The number of piperazine rings is 1. The minimum atomic E-state index is -1.04. The normalized spacial score (nSPS) is 25.5. The summed E-state index contributed by atoms with van der Waals surface area (Å²) in [4.78, 5) is 31.6. The Morgan fingerprint density at radius 3 is 2.36 bits per heavy atom. The van der Waals surface area contributed by atoms with E-state index in [-0.39, 0.29) is 12.3 Å². The fraction of sp³-hybridized carbons (Fsp3) is 0.667. The Labute approximate surface area is 166 Å². The van der Waals surface area contributed by atoms with Gasteiger partial charge in [-0.05, 0) is 56.6 Å². The number of hydrogen-bond donors (Lipinski definition) is 2. The first-order chi connectivity index (χ1) is 13.5. The summed E-state index contributed by atoms with van der Waals surface area (Å²) in [7, 11) is 0. The average Bonchev–Trinajstić information content (AvgIpc) is 2.69. The molecule has 0 aromatic carbocycles. The van der Waals surface area contributed by atoms with Crippen LogP contribution < -0.4 is 4.90 Å². The summed E-state index contributed by atoms with van der Waals surface area (Å²) in [6.45, 7) is 3.21. The van der Waals surface area contributed by atoms with Crippen molar-refractivity contribution in [1.82, 2.24) is 9.88 Å². The Balaban J connectivity index is 1.33. The lowest BCUT2D eigenvalue weighted by Crippen LogP contribution is -2.48. The Morgan fingerprint density at radius 1 is 1.11 bits per heavy atom. The summed E-state index contributed by atoms with van der Waals surface area (Å²) in [6, 6.07) is 4.00. The molecule has 3 rings (SSSR count). The molecule has 2 fully saturated rings. The molecule has 0 radical (unpaired) electrons. The van der Waals surface area contributed by atoms with Crippen molar-refractivity contribution < 1.29 is 19.8 Å². The van der Waals surface area contributed by atoms with Gasteiger partial charge in [-0.2, -0.15) is 0 Å². The molecule has 7 heteroatoms. The summed E-state index contributed by atoms with van der Waals surface area (Å²) in [6.07, 6.45) is 8.64. The zero-order valence-electron chi connectivity index (χ0n) is 16.4. The smallest absolute Gasteiger partial charge is 0.306 e. The molecule has 2 heterocycles. The molecule has 0 bridgehead atoms. The van der Waals surface area contributed by atoms with Crippen molar-refractivity contribution >= 4 is 17.6 Å². The number of nitrogens with zero attached hydrogens (tertiary/aromatic N) is 3. The third-order valence-corrected chi connectivity index (χ3v) is 6.18. The summed E-state index contributed by atoms with van der Waals surface area (Å²) in [5.41, 5.74) is 0.120. The molecule has 1 aromatic heterocycles. The first-order valence-electron chi connectivity index (χ1n) is 10.3. The number of carboxylic acids is 1. The number of carboxylic acid groups (broad SMARTS) is 1. The van der Waals surface area contributed by atoms with E-state index in [0.29, 0.717) is 25.2 Å². The highest BCUT2D eigenvalue weighted by molar-refractivity contribution is 5.76. The van der Waals surface area contributed by atoms with E-state index in [4.69, 9.17) is 5.11 Å². The molecule has 2 aliphatic rings. The third kappa shape index (κ3) is 5.67. The van der Waals surface area contributed by atoms with Crippen LogP contribution in [0.4, 0.5) is 5.69 Å². The zero-order chi connectivity index (χ0) is 20.0. The molecule has 154 valence electrons. The lowest BCUT2D eigenvalue weighted by atomic mass is 9.75. The van der Waals surface area contributed by atoms with Crippen molar-refractivity contribution in [1.29, 1.82) is 0 Å². The molecule has 28 heavy (non-hydrogen) atoms. The van der Waals surface area contributed by atoms with Crippen molar-refractivity contribution in [3.63, 3.8) is 0 Å². The molecule has 2 N–H and O–H groups in total. The van der Waals surface area contributed by atoms with Crippen LogP contribution in [0.3, 0.4) is 0 Å². The number of hydrogen-bond acceptors (Lipinski definition) is 5. The van der Waals surface area contributed by atoms with Gasteiger partial charge >= 0.3 is 5.97 Å². The molecule has 0 atom stereocenters. The van der Waals surface area contributed by atoms with Crippen molar-refractivity contribution in [2.24, 2.45) is 5.92 Å². The SMILES string of the molecule is O=C(O)CC1(O)CCC(CCCC(=O)N2CCN(c3ccncc3)CC2)CC1. The molecule has 1 aliphatic heterocycles. The van der Waals surface area contributed by atoms with Crippen LogP contribution in [0.5, 0.6) is 0 Å². The number of carbonyl (C=O) groups excluding carboxylic acids is 1. The van der Waals surface area contributed by atoms with E-state index in [2.05, 4.69) is 9.88 Å². The predicted molar refractivity (Wildman–Crippen MR) is 106 cm³/mol. The maximum Gasteiger partial charge on any atom is 0.306 e. The highest BCUT2D eigenvalue weighted by Gasteiger charge is 2.35. The molecule has 1 aliphatic carbocycles. The second-order valence-corrected chi connectivity index (χ2v) is 8.20. The van der Waals surface area contributed by atoms with E-state index in [1.807, 2.05) is 17.0 Å². The van der Waals surface area contributed by atoms with Gasteiger partial charge in [0.25, 0.3) is 0 Å². The van der Waals surface area contributed by atoms with Crippen LogP contribution in [0.15, 0.2) is 24.5 Å². The van der Waals surface area contributed by atoms with Crippen LogP contribution in [0.25, 0.3) is 0 Å². The van der Waals surface area contributed by atoms with E-state index >= 15 is 0 Å². The summed E-state index contributed by atoms with van der Waals surface area (Å²) >= 11 is 0. The fourth-order valence-electron chi connectivity index (χ4n) is 4.43. The van der Waals surface area contributed by atoms with Gasteiger partial charge in [0, 0.05) is 50.7 Å². The first kappa shape index (κ1) is 20.6. The van der Waals surface area contributed by atoms with E-state index in [1.165, 1.54) is 0 Å². The number of aliphatic carboxylic acids is 1. The second-order valence-electron chi connectivity index (χ2n) is 8.20. The molecule has 1 aromatic rings. The van der Waals surface area contributed by atoms with Gasteiger partial charge in [-0.15, -0.1) is 0 Å². The average molecular weight is 389 g/mol. The van der Waals surface area contributed by atoms with Crippen LogP contribution >= 0.6 is 0 Å². The van der Waals surface area contributed by atoms with Gasteiger partial charge in [-0.3, -0.25) is 14.6 Å². The van der Waals surface area contributed by atoms with Crippen LogP contribution in [0, 0.1) is 5.92 Å². The lowest BCUT2D eigenvalue weighted by molar-refractivity contribution is -0.144. The molecule has 7 nitrogen and oxygen atoms in total. The van der Waals surface area contributed by atoms with Gasteiger partial charge in [0.05, 0.1) is 12.0 Å². The van der Waals surface area contributed by atoms with E-state index in [1.54, 1.807) is 12.4 Å². The number of aliphatic hydroxyl groups is 1. The zero-order valence-corrected chi connectivity index (χ0v) is 16.4. The maximum atomic E-state index is 12.5. The van der Waals surface area contributed by atoms with Gasteiger partial charge in [-0.25, -0.2) is 0 Å². The highest BCUT2D eigenvalue weighted by atomic mass is 16.4. The molecule has 1 amide bonds. The topological polar surface area (TPSA) is 94.0 Å². The fourth-order valence-corrected chi connectivity index (χ4v) is 4.43. The Kier molecular flexibility index (Phi) is 6.88. The lowest BCUT2D eigenvalue weighted by Gasteiger charge is -2.36. The minimum Gasteiger partial charge on any atom is -0.481 e. The van der Waals surface area contributed by atoms with Crippen LogP contribution in [0.1, 0.15) is 51.4 Å². The predicted octanol–water partition coefficient (Wildman–Crippen LogP) is 2.30. The van der Waals surface area contributed by atoms with E-state index in [0.717, 1.165) is 57.5 Å². The van der Waals surface area contributed by atoms with Crippen molar-refractivity contribution in [3.05, 3.63) is 24.5 Å². The third-order valence-electron chi connectivity index (χ3n) is 6.18. The van der Waals surface area contributed by atoms with Crippen LogP contribution in [-0.4, -0.2) is 63.8 Å². The quantitative estimate of drug-likeness (QED) is 0.743. The van der Waals surface area contributed by atoms with Crippen molar-refractivity contribution in [2.75, 3.05) is 31.1 Å². The van der Waals surface area contributed by atoms with Crippen molar-refractivity contribution in [2.45, 2.75) is 57.0 Å². The van der Waals surface area contributed by atoms with Gasteiger partial charge in [0.2, 0.25) is 5.91 Å². The van der Waals surface area contributed by atoms with Gasteiger partial charge in [0.1, 0.15) is 0 Å². The number of anilines is 1. The van der Waals surface area contributed by atoms with Gasteiger partial charge < -0.3 is 20.0 Å². The number of rotatable bonds is 7. The monoisotopic (exact) mass is 389 g/mol. The molecule has 0 spiro atoms. The first-order valence-corrected chi connectivity index (χ1v) is 10.3. The van der Waals surface area contributed by atoms with Crippen LogP contribution in [-0.2, 0) is 9.59 Å².